The van der Waals surface area contributed by atoms with Crippen LogP contribution >= 0.6 is 0 Å². The Kier molecular flexibility index (Phi) is 9.76. The van der Waals surface area contributed by atoms with E-state index in [-0.39, 0.29) is 30.8 Å². The number of alkyl halides is 3. The molecule has 46 heavy (non-hydrogen) atoms. The third-order valence-corrected chi connectivity index (χ3v) is 8.19. The second kappa shape index (κ2) is 13.7. The third-order valence-electron chi connectivity index (χ3n) is 8.19. The van der Waals surface area contributed by atoms with Gasteiger partial charge in [-0.3, -0.25) is 18.7 Å². The summed E-state index contributed by atoms with van der Waals surface area (Å²) in [6.45, 7) is 1.41. The Morgan fingerprint density at radius 2 is 1.78 bits per heavy atom. The monoisotopic (exact) mass is 639 g/mol. The number of hydrogen-bond donors (Lipinski definition) is 2. The minimum atomic E-state index is -4.88. The van der Waals surface area contributed by atoms with E-state index in [1.165, 1.54) is 6.92 Å². The summed E-state index contributed by atoms with van der Waals surface area (Å²) in [7, 11) is 0. The Morgan fingerprint density at radius 3 is 2.54 bits per heavy atom. The number of carboxylic acids is 1. The van der Waals surface area contributed by atoms with E-state index in [1.807, 2.05) is 24.3 Å². The maximum atomic E-state index is 15.0. The molecule has 0 amide bonds. The van der Waals surface area contributed by atoms with E-state index in [4.69, 9.17) is 9.84 Å². The van der Waals surface area contributed by atoms with Gasteiger partial charge >= 0.3 is 17.8 Å². The zero-order chi connectivity index (χ0) is 33.0. The molecule has 0 fully saturated rings. The van der Waals surface area contributed by atoms with Gasteiger partial charge in [0.15, 0.2) is 0 Å². The zero-order valence-corrected chi connectivity index (χ0v) is 25.1. The lowest BCUT2D eigenvalue weighted by atomic mass is 9.94. The van der Waals surface area contributed by atoms with Gasteiger partial charge in [0.05, 0.1) is 36.9 Å². The standard InChI is InChI=1S/C34H33F4N3O5/c1-21-31(23-9-6-10-24(18-23)46-17-5-4-14-30(42)43)32(44)41(20-29-25-11-3-2-8-22(25)15-16-39-29)33(45)40(21)19-26-27(34(36,37)38)12-7-13-28(26)35/h2-3,6-13,18,29,39H,4-5,14-17,19-20H2,1H3,(H,42,43)/t29-/m0/s1. The van der Waals surface area contributed by atoms with Crippen LogP contribution in [0.15, 0.2) is 76.3 Å². The molecule has 2 N–H and O–H groups in total. The Morgan fingerprint density at radius 1 is 1.02 bits per heavy atom. The van der Waals surface area contributed by atoms with Gasteiger partial charge in [-0.15, -0.1) is 0 Å². The van der Waals surface area contributed by atoms with E-state index in [9.17, 15) is 31.9 Å². The number of nitrogens with one attached hydrogen (secondary N) is 1. The van der Waals surface area contributed by atoms with Crippen LogP contribution in [0.1, 0.15) is 53.3 Å². The first-order valence-corrected chi connectivity index (χ1v) is 14.9. The van der Waals surface area contributed by atoms with Gasteiger partial charge in [0.1, 0.15) is 11.6 Å². The van der Waals surface area contributed by atoms with E-state index in [1.54, 1.807) is 24.3 Å². The van der Waals surface area contributed by atoms with Crippen molar-refractivity contribution in [2.45, 2.75) is 57.9 Å². The van der Waals surface area contributed by atoms with Crippen LogP contribution in [0.25, 0.3) is 11.1 Å². The van der Waals surface area contributed by atoms with E-state index in [0.29, 0.717) is 30.7 Å². The number of aliphatic carboxylic acids is 1. The Labute approximate surface area is 261 Å². The van der Waals surface area contributed by atoms with Crippen LogP contribution in [0.3, 0.4) is 0 Å². The number of unbranched alkanes of at least 4 members (excludes halogenated alkanes) is 1. The molecule has 0 saturated carbocycles. The molecule has 0 bridgehead atoms. The number of carboxylic acid groups (broad SMARTS) is 1. The Bertz CT molecular complexity index is 1870. The van der Waals surface area contributed by atoms with Gasteiger partial charge in [-0.25, -0.2) is 9.18 Å². The molecule has 0 radical (unpaired) electrons. The van der Waals surface area contributed by atoms with Gasteiger partial charge in [-0.05, 0) is 73.7 Å². The zero-order valence-electron chi connectivity index (χ0n) is 25.1. The fourth-order valence-electron chi connectivity index (χ4n) is 5.87. The lowest BCUT2D eigenvalue weighted by Gasteiger charge is -2.28. The van der Waals surface area contributed by atoms with Crippen LogP contribution in [0, 0.1) is 12.7 Å². The number of halogens is 4. The number of aromatic nitrogens is 2. The predicted octanol–water partition coefficient (Wildman–Crippen LogP) is 5.71. The number of fused-ring (bicyclic) bond motifs is 1. The molecule has 0 aliphatic carbocycles. The topological polar surface area (TPSA) is 103 Å². The van der Waals surface area contributed by atoms with E-state index in [2.05, 4.69) is 5.32 Å². The highest BCUT2D eigenvalue weighted by atomic mass is 19.4. The molecule has 1 aliphatic rings. The molecular formula is C34H33F4N3O5. The largest absolute Gasteiger partial charge is 0.494 e. The highest BCUT2D eigenvalue weighted by Gasteiger charge is 2.35. The van der Waals surface area contributed by atoms with Crippen molar-refractivity contribution in [2.24, 2.45) is 0 Å². The summed E-state index contributed by atoms with van der Waals surface area (Å²) < 4.78 is 64.6. The molecular weight excluding hydrogens is 606 g/mol. The summed E-state index contributed by atoms with van der Waals surface area (Å²) in [6.07, 6.45) is -3.23. The minimum Gasteiger partial charge on any atom is -0.494 e. The lowest BCUT2D eigenvalue weighted by molar-refractivity contribution is -0.139. The summed E-state index contributed by atoms with van der Waals surface area (Å²) in [5.74, 6) is -1.65. The average molecular weight is 640 g/mol. The van der Waals surface area contributed by atoms with Crippen LogP contribution in [0.4, 0.5) is 17.6 Å². The van der Waals surface area contributed by atoms with Gasteiger partial charge < -0.3 is 15.2 Å². The molecule has 3 aromatic carbocycles. The molecule has 0 spiro atoms. The Balaban J connectivity index is 1.62. The normalized spacial score (nSPS) is 14.6. The second-order valence-corrected chi connectivity index (χ2v) is 11.2. The van der Waals surface area contributed by atoms with Crippen LogP contribution in [0.2, 0.25) is 0 Å². The van der Waals surface area contributed by atoms with E-state index >= 15 is 0 Å². The van der Waals surface area contributed by atoms with Crippen molar-refractivity contribution in [1.82, 2.24) is 14.5 Å². The predicted molar refractivity (Wildman–Crippen MR) is 164 cm³/mol. The SMILES string of the molecule is Cc1c(-c2cccc(OCCCCC(=O)O)c2)c(=O)n(C[C@@H]2NCCc3ccccc32)c(=O)n1Cc1c(F)cccc1C(F)(F)F. The molecule has 2 heterocycles. The molecule has 5 rings (SSSR count). The van der Waals surface area contributed by atoms with Gasteiger partial charge in [-0.2, -0.15) is 13.2 Å². The van der Waals surface area contributed by atoms with Gasteiger partial charge in [0.2, 0.25) is 0 Å². The molecule has 8 nitrogen and oxygen atoms in total. The molecule has 4 aromatic rings. The second-order valence-electron chi connectivity index (χ2n) is 11.2. The fourth-order valence-corrected chi connectivity index (χ4v) is 5.87. The summed E-state index contributed by atoms with van der Waals surface area (Å²) >= 11 is 0. The summed E-state index contributed by atoms with van der Waals surface area (Å²) in [4.78, 5) is 38.9. The smallest absolute Gasteiger partial charge is 0.416 e. The highest BCUT2D eigenvalue weighted by molar-refractivity contribution is 5.67. The van der Waals surface area contributed by atoms with Crippen LogP contribution in [0.5, 0.6) is 5.75 Å². The maximum absolute atomic E-state index is 15.0. The Hall–Kier alpha value is -4.71. The first-order valence-electron chi connectivity index (χ1n) is 14.9. The third kappa shape index (κ3) is 7.07. The molecule has 1 aromatic heterocycles. The molecule has 0 unspecified atom stereocenters. The number of carbonyl (C=O) groups is 1. The van der Waals surface area contributed by atoms with Crippen molar-refractivity contribution in [3.8, 4) is 16.9 Å². The average Bonchev–Trinajstić information content (AvgIpc) is 3.01. The number of ether oxygens (including phenoxy) is 1. The number of nitrogens with zero attached hydrogens (tertiary/aromatic N) is 2. The van der Waals surface area contributed by atoms with E-state index in [0.717, 1.165) is 44.9 Å². The summed E-state index contributed by atoms with van der Waals surface area (Å²) in [5, 5.41) is 12.2. The summed E-state index contributed by atoms with van der Waals surface area (Å²) in [6, 6.07) is 16.3. The van der Waals surface area contributed by atoms with E-state index < -0.39 is 52.9 Å². The summed E-state index contributed by atoms with van der Waals surface area (Å²) in [5.41, 5.74) is -0.986. The molecule has 1 atom stereocenters. The number of rotatable bonds is 11. The fraction of sp³-hybridized carbons (Fsp3) is 0.324. The van der Waals surface area contributed by atoms with Crippen molar-refractivity contribution >= 4 is 5.97 Å². The number of benzene rings is 3. The molecule has 1 aliphatic heterocycles. The first kappa shape index (κ1) is 32.7. The molecule has 242 valence electrons. The molecule has 0 saturated heterocycles. The van der Waals surface area contributed by atoms with Crippen LogP contribution < -0.4 is 21.3 Å². The van der Waals surface area contributed by atoms with Crippen LogP contribution in [-0.4, -0.2) is 33.4 Å². The van der Waals surface area contributed by atoms with Gasteiger partial charge in [0.25, 0.3) is 5.56 Å². The quantitative estimate of drug-likeness (QED) is 0.161. The van der Waals surface area contributed by atoms with Gasteiger partial charge in [0, 0.05) is 17.7 Å². The van der Waals surface area contributed by atoms with Gasteiger partial charge in [-0.1, -0.05) is 42.5 Å². The van der Waals surface area contributed by atoms with Crippen molar-refractivity contribution in [3.63, 3.8) is 0 Å². The lowest BCUT2D eigenvalue weighted by Crippen LogP contribution is -2.45. The van der Waals surface area contributed by atoms with Crippen molar-refractivity contribution < 1.29 is 32.2 Å². The van der Waals surface area contributed by atoms with Crippen molar-refractivity contribution in [2.75, 3.05) is 13.2 Å². The minimum absolute atomic E-state index is 0.00205. The number of hydrogen-bond acceptors (Lipinski definition) is 5. The van der Waals surface area contributed by atoms with Crippen molar-refractivity contribution in [3.05, 3.63) is 121 Å². The highest BCUT2D eigenvalue weighted by Crippen LogP contribution is 2.34. The molecule has 12 heteroatoms. The first-order chi connectivity index (χ1) is 22.0. The van der Waals surface area contributed by atoms with Crippen LogP contribution in [-0.2, 0) is 30.5 Å². The van der Waals surface area contributed by atoms with Crippen molar-refractivity contribution in [1.29, 1.82) is 0 Å². The maximum Gasteiger partial charge on any atom is 0.416 e.